The summed E-state index contributed by atoms with van der Waals surface area (Å²) in [5.41, 5.74) is -1.75. The van der Waals surface area contributed by atoms with E-state index in [1.54, 1.807) is 42.5 Å². The number of ketones is 1. The van der Waals surface area contributed by atoms with Crippen LogP contribution in [-0.2, 0) is 10.4 Å². The standard InChI is InChI=1S/C23H20BrNO5/c1-13(2)12-25-18-8-7-15(24)10-17(18)23(29,22(25)28)11-19(26)16-9-14-5-3-4-6-20(14)30-21(16)27/h3-10,13,29H,11-12H2,1-2H3. The Bertz CT molecular complexity index is 1230. The highest BCUT2D eigenvalue weighted by Crippen LogP contribution is 2.44. The van der Waals surface area contributed by atoms with Crippen LogP contribution < -0.4 is 10.5 Å². The van der Waals surface area contributed by atoms with Crippen molar-refractivity contribution in [3.8, 4) is 0 Å². The summed E-state index contributed by atoms with van der Waals surface area (Å²) in [4.78, 5) is 40.1. The smallest absolute Gasteiger partial charge is 0.347 e. The molecule has 0 fully saturated rings. The van der Waals surface area contributed by atoms with E-state index in [1.807, 2.05) is 13.8 Å². The van der Waals surface area contributed by atoms with Crippen LogP contribution in [0.2, 0.25) is 0 Å². The average Bonchev–Trinajstić information content (AvgIpc) is 2.88. The molecule has 0 saturated heterocycles. The zero-order valence-corrected chi connectivity index (χ0v) is 18.1. The van der Waals surface area contributed by atoms with Gasteiger partial charge < -0.3 is 14.4 Å². The van der Waals surface area contributed by atoms with Crippen molar-refractivity contribution >= 4 is 44.3 Å². The van der Waals surface area contributed by atoms with Crippen LogP contribution in [-0.4, -0.2) is 23.3 Å². The van der Waals surface area contributed by atoms with Gasteiger partial charge in [0.05, 0.1) is 12.1 Å². The van der Waals surface area contributed by atoms with Crippen LogP contribution >= 0.6 is 15.9 Å². The number of Topliss-reactive ketones (excluding diaryl/α,β-unsaturated/α-hetero) is 1. The van der Waals surface area contributed by atoms with Crippen LogP contribution in [0.3, 0.4) is 0 Å². The highest BCUT2D eigenvalue weighted by molar-refractivity contribution is 9.10. The Morgan fingerprint density at radius 2 is 1.90 bits per heavy atom. The van der Waals surface area contributed by atoms with Crippen molar-refractivity contribution in [2.24, 2.45) is 5.92 Å². The van der Waals surface area contributed by atoms with Gasteiger partial charge in [-0.15, -0.1) is 0 Å². The average molecular weight is 470 g/mol. The van der Waals surface area contributed by atoms with Crippen molar-refractivity contribution in [2.45, 2.75) is 25.9 Å². The number of anilines is 1. The van der Waals surface area contributed by atoms with Crippen LogP contribution in [0.4, 0.5) is 5.69 Å². The lowest BCUT2D eigenvalue weighted by atomic mass is 9.88. The molecule has 0 bridgehead atoms. The van der Waals surface area contributed by atoms with Crippen LogP contribution in [0.1, 0.15) is 36.2 Å². The van der Waals surface area contributed by atoms with Crippen molar-refractivity contribution in [3.05, 3.63) is 74.6 Å². The Kier molecular flexibility index (Phi) is 5.11. The Hall–Kier alpha value is -2.77. The van der Waals surface area contributed by atoms with Gasteiger partial charge in [-0.25, -0.2) is 4.79 Å². The van der Waals surface area contributed by atoms with Gasteiger partial charge >= 0.3 is 5.63 Å². The van der Waals surface area contributed by atoms with Gasteiger partial charge in [0, 0.05) is 22.0 Å². The van der Waals surface area contributed by atoms with Crippen molar-refractivity contribution in [1.82, 2.24) is 0 Å². The van der Waals surface area contributed by atoms with Gasteiger partial charge in [-0.2, -0.15) is 0 Å². The number of rotatable bonds is 5. The third-order valence-corrected chi connectivity index (χ3v) is 5.69. The summed E-state index contributed by atoms with van der Waals surface area (Å²) in [7, 11) is 0. The molecule has 2 aromatic carbocycles. The zero-order chi connectivity index (χ0) is 21.6. The fraction of sp³-hybridized carbons (Fsp3) is 0.261. The second-order valence-corrected chi connectivity index (χ2v) is 8.83. The maximum Gasteiger partial charge on any atom is 0.347 e. The number of benzene rings is 2. The molecule has 0 radical (unpaired) electrons. The minimum atomic E-state index is -2.05. The maximum absolute atomic E-state index is 13.2. The lowest BCUT2D eigenvalue weighted by molar-refractivity contribution is -0.136. The maximum atomic E-state index is 13.2. The molecule has 4 rings (SSSR count). The molecule has 30 heavy (non-hydrogen) atoms. The quantitative estimate of drug-likeness (QED) is 0.450. The highest BCUT2D eigenvalue weighted by Gasteiger charge is 2.51. The summed E-state index contributed by atoms with van der Waals surface area (Å²) in [6.07, 6.45) is -0.549. The van der Waals surface area contributed by atoms with Crippen LogP contribution in [0.15, 0.2) is 62.2 Å². The Morgan fingerprint density at radius 3 is 2.63 bits per heavy atom. The second-order valence-electron chi connectivity index (χ2n) is 7.92. The normalized spacial score (nSPS) is 18.3. The summed E-state index contributed by atoms with van der Waals surface area (Å²) in [5, 5.41) is 12.0. The number of hydrogen-bond acceptors (Lipinski definition) is 5. The van der Waals surface area contributed by atoms with Gasteiger partial charge in [0.2, 0.25) is 0 Å². The molecule has 0 spiro atoms. The molecule has 3 aromatic rings. The molecular weight excluding hydrogens is 450 g/mol. The monoisotopic (exact) mass is 469 g/mol. The van der Waals surface area contributed by atoms with Crippen LogP contribution in [0.5, 0.6) is 0 Å². The summed E-state index contributed by atoms with van der Waals surface area (Å²) in [5.74, 6) is -1.05. The van der Waals surface area contributed by atoms with E-state index in [2.05, 4.69) is 15.9 Å². The van der Waals surface area contributed by atoms with E-state index in [0.717, 1.165) is 0 Å². The van der Waals surface area contributed by atoms with E-state index in [4.69, 9.17) is 4.42 Å². The first-order valence-corrected chi connectivity index (χ1v) is 10.4. The predicted octanol–water partition coefficient (Wildman–Crippen LogP) is 4.02. The topological polar surface area (TPSA) is 87.8 Å². The fourth-order valence-corrected chi connectivity index (χ4v) is 4.19. The number of carbonyl (C=O) groups excluding carboxylic acids is 2. The van der Waals surface area contributed by atoms with E-state index >= 15 is 0 Å². The van der Waals surface area contributed by atoms with Gasteiger partial charge in [-0.3, -0.25) is 9.59 Å². The Morgan fingerprint density at radius 1 is 1.17 bits per heavy atom. The first-order valence-electron chi connectivity index (χ1n) is 9.61. The molecule has 0 aliphatic carbocycles. The number of halogens is 1. The van der Waals surface area contributed by atoms with E-state index in [1.165, 1.54) is 11.0 Å². The molecule has 6 nitrogen and oxygen atoms in total. The summed E-state index contributed by atoms with van der Waals surface area (Å²) >= 11 is 3.37. The van der Waals surface area contributed by atoms with Gasteiger partial charge in [-0.05, 0) is 36.2 Å². The fourth-order valence-electron chi connectivity index (χ4n) is 3.82. The van der Waals surface area contributed by atoms with Gasteiger partial charge in [0.1, 0.15) is 11.1 Å². The number of hydrogen-bond donors (Lipinski definition) is 1. The summed E-state index contributed by atoms with van der Waals surface area (Å²) < 4.78 is 5.92. The lowest BCUT2D eigenvalue weighted by Crippen LogP contribution is -2.43. The largest absolute Gasteiger partial charge is 0.422 e. The van der Waals surface area contributed by atoms with E-state index in [9.17, 15) is 19.5 Å². The summed E-state index contributed by atoms with van der Waals surface area (Å²) in [6.45, 7) is 4.34. The molecule has 0 saturated carbocycles. The van der Waals surface area contributed by atoms with Crippen molar-refractivity contribution in [3.63, 3.8) is 0 Å². The van der Waals surface area contributed by atoms with Crippen LogP contribution in [0.25, 0.3) is 11.0 Å². The molecule has 154 valence electrons. The summed E-state index contributed by atoms with van der Waals surface area (Å²) in [6, 6.07) is 13.5. The van der Waals surface area contributed by atoms with Gasteiger partial charge in [-0.1, -0.05) is 48.0 Å². The molecule has 1 aliphatic rings. The number of aliphatic hydroxyl groups is 1. The minimum Gasteiger partial charge on any atom is -0.422 e. The molecule has 1 atom stereocenters. The van der Waals surface area contributed by atoms with Crippen LogP contribution in [0, 0.1) is 5.92 Å². The van der Waals surface area contributed by atoms with E-state index < -0.39 is 29.3 Å². The first-order chi connectivity index (χ1) is 14.2. The molecular formula is C23H20BrNO5. The van der Waals surface area contributed by atoms with E-state index in [-0.39, 0.29) is 11.5 Å². The molecule has 7 heteroatoms. The number of para-hydroxylation sites is 1. The molecule has 1 aromatic heterocycles. The van der Waals surface area contributed by atoms with Crippen molar-refractivity contribution < 1.29 is 19.1 Å². The number of nitrogens with zero attached hydrogens (tertiary/aromatic N) is 1. The second kappa shape index (κ2) is 7.49. The SMILES string of the molecule is CC(C)CN1C(=O)C(O)(CC(=O)c2cc3ccccc3oc2=O)c2cc(Br)ccc21. The van der Waals surface area contributed by atoms with Gasteiger partial charge in [0.25, 0.3) is 5.91 Å². The number of carbonyl (C=O) groups is 2. The number of amides is 1. The predicted molar refractivity (Wildman–Crippen MR) is 117 cm³/mol. The van der Waals surface area contributed by atoms with E-state index in [0.29, 0.717) is 33.2 Å². The third-order valence-electron chi connectivity index (χ3n) is 5.20. The third kappa shape index (κ3) is 3.38. The number of fused-ring (bicyclic) bond motifs is 2. The van der Waals surface area contributed by atoms with Crippen molar-refractivity contribution in [2.75, 3.05) is 11.4 Å². The Balaban J connectivity index is 1.76. The molecule has 1 amide bonds. The highest BCUT2D eigenvalue weighted by atomic mass is 79.9. The molecule has 2 heterocycles. The van der Waals surface area contributed by atoms with Gasteiger partial charge in [0.15, 0.2) is 11.4 Å². The van der Waals surface area contributed by atoms with Crippen molar-refractivity contribution in [1.29, 1.82) is 0 Å². The Labute approximate surface area is 181 Å². The molecule has 1 N–H and O–H groups in total. The zero-order valence-electron chi connectivity index (χ0n) is 16.5. The minimum absolute atomic E-state index is 0.163. The lowest BCUT2D eigenvalue weighted by Gasteiger charge is -2.23. The first kappa shape index (κ1) is 20.5. The molecule has 1 aliphatic heterocycles. The molecule has 1 unspecified atom stereocenters.